The Morgan fingerprint density at radius 3 is 3.00 bits per heavy atom. The average molecular weight is 329 g/mol. The number of nitrogens with one attached hydrogen (secondary N) is 1. The van der Waals surface area contributed by atoms with Gasteiger partial charge in [-0.3, -0.25) is 10.1 Å². The first kappa shape index (κ1) is 13.6. The minimum absolute atomic E-state index is 0.0258. The van der Waals surface area contributed by atoms with E-state index in [1.165, 1.54) is 12.1 Å². The molecule has 2 aromatic rings. The third-order valence-electron chi connectivity index (χ3n) is 2.22. The van der Waals surface area contributed by atoms with Crippen molar-refractivity contribution in [3.8, 4) is 11.4 Å². The van der Waals surface area contributed by atoms with Gasteiger partial charge in [0.2, 0.25) is 17.6 Å². The van der Waals surface area contributed by atoms with Gasteiger partial charge in [-0.1, -0.05) is 5.16 Å². The Bertz CT molecular complexity index is 602. The first-order valence-corrected chi connectivity index (χ1v) is 6.12. The molecule has 0 aliphatic heterocycles. The van der Waals surface area contributed by atoms with E-state index in [4.69, 9.17) is 10.3 Å². The molecule has 100 valence electrons. The van der Waals surface area contributed by atoms with Crippen molar-refractivity contribution in [2.24, 2.45) is 5.73 Å². The molecule has 0 aliphatic carbocycles. The summed E-state index contributed by atoms with van der Waals surface area (Å²) < 4.78 is 18.5. The number of amides is 1. The molecule has 0 spiro atoms. The summed E-state index contributed by atoms with van der Waals surface area (Å²) in [7, 11) is 0. The van der Waals surface area contributed by atoms with E-state index in [9.17, 15) is 9.18 Å². The molecule has 6 nitrogen and oxygen atoms in total. The summed E-state index contributed by atoms with van der Waals surface area (Å²) in [5.74, 6) is -0.182. The number of hydrogen-bond acceptors (Lipinski definition) is 5. The fraction of sp³-hybridized carbons (Fsp3) is 0.182. The zero-order valence-corrected chi connectivity index (χ0v) is 11.3. The number of nitrogens with two attached hydrogens (primary N) is 1. The summed E-state index contributed by atoms with van der Waals surface area (Å²) in [6.45, 7) is 0.257. The van der Waals surface area contributed by atoms with Gasteiger partial charge in [-0.25, -0.2) is 4.39 Å². The Labute approximate surface area is 116 Å². The van der Waals surface area contributed by atoms with Crippen molar-refractivity contribution in [2.75, 3.05) is 6.54 Å². The van der Waals surface area contributed by atoms with Gasteiger partial charge < -0.3 is 10.3 Å². The maximum absolute atomic E-state index is 13.0. The van der Waals surface area contributed by atoms with Crippen molar-refractivity contribution in [3.05, 3.63) is 34.4 Å². The van der Waals surface area contributed by atoms with Crippen LogP contribution in [0.15, 0.2) is 27.2 Å². The van der Waals surface area contributed by atoms with Gasteiger partial charge in [-0.2, -0.15) is 4.98 Å². The van der Waals surface area contributed by atoms with Gasteiger partial charge in [0, 0.05) is 10.0 Å². The van der Waals surface area contributed by atoms with Crippen molar-refractivity contribution in [1.29, 1.82) is 0 Å². The number of rotatable bonds is 5. The fourth-order valence-corrected chi connectivity index (χ4v) is 1.93. The minimum atomic E-state index is -0.471. The molecule has 3 N–H and O–H groups in total. The summed E-state index contributed by atoms with van der Waals surface area (Å²) >= 11 is 3.23. The van der Waals surface area contributed by atoms with Gasteiger partial charge in [0.1, 0.15) is 5.82 Å². The molecule has 8 heteroatoms. The summed E-state index contributed by atoms with van der Waals surface area (Å²) in [6.07, 6.45) is 0. The zero-order valence-electron chi connectivity index (χ0n) is 9.69. The molecule has 0 bridgehead atoms. The van der Waals surface area contributed by atoms with Crippen molar-refractivity contribution in [3.63, 3.8) is 0 Å². The van der Waals surface area contributed by atoms with E-state index < -0.39 is 5.91 Å². The Morgan fingerprint density at radius 1 is 1.53 bits per heavy atom. The van der Waals surface area contributed by atoms with Crippen LogP contribution in [0.5, 0.6) is 0 Å². The maximum atomic E-state index is 13.0. The lowest BCUT2D eigenvalue weighted by Crippen LogP contribution is -2.28. The highest BCUT2D eigenvalue weighted by Crippen LogP contribution is 2.26. The lowest BCUT2D eigenvalue weighted by molar-refractivity contribution is -0.117. The Hall–Kier alpha value is -1.80. The Morgan fingerprint density at radius 2 is 2.32 bits per heavy atom. The molecule has 0 saturated heterocycles. The molecular formula is C11H10BrFN4O2. The molecule has 0 unspecified atom stereocenters. The number of primary amides is 1. The number of hydrogen-bond donors (Lipinski definition) is 2. The Kier molecular flexibility index (Phi) is 4.23. The second-order valence-electron chi connectivity index (χ2n) is 3.71. The van der Waals surface area contributed by atoms with Gasteiger partial charge in [0.05, 0.1) is 13.1 Å². The van der Waals surface area contributed by atoms with Gasteiger partial charge >= 0.3 is 0 Å². The van der Waals surface area contributed by atoms with Crippen LogP contribution in [0, 0.1) is 5.82 Å². The average Bonchev–Trinajstić information content (AvgIpc) is 2.77. The lowest BCUT2D eigenvalue weighted by atomic mass is 10.2. The van der Waals surface area contributed by atoms with Crippen LogP contribution in [0.1, 0.15) is 5.89 Å². The number of benzene rings is 1. The third-order valence-corrected chi connectivity index (χ3v) is 2.87. The van der Waals surface area contributed by atoms with Crippen LogP contribution < -0.4 is 11.1 Å². The monoisotopic (exact) mass is 328 g/mol. The molecule has 0 saturated carbocycles. The summed E-state index contributed by atoms with van der Waals surface area (Å²) in [5, 5.41) is 6.53. The van der Waals surface area contributed by atoms with Gasteiger partial charge in [-0.15, -0.1) is 0 Å². The highest BCUT2D eigenvalue weighted by atomic mass is 79.9. The van der Waals surface area contributed by atoms with Crippen molar-refractivity contribution >= 4 is 21.8 Å². The minimum Gasteiger partial charge on any atom is -0.369 e. The second-order valence-corrected chi connectivity index (χ2v) is 4.56. The number of carbonyl (C=O) groups excluding carboxylic acids is 1. The maximum Gasteiger partial charge on any atom is 0.240 e. The van der Waals surface area contributed by atoms with Crippen LogP contribution in [0.2, 0.25) is 0 Å². The van der Waals surface area contributed by atoms with Crippen molar-refractivity contribution < 1.29 is 13.7 Å². The smallest absolute Gasteiger partial charge is 0.240 e. The van der Waals surface area contributed by atoms with Gasteiger partial charge in [0.25, 0.3) is 0 Å². The number of aromatic nitrogens is 2. The van der Waals surface area contributed by atoms with E-state index >= 15 is 0 Å². The molecule has 0 atom stereocenters. The first-order valence-electron chi connectivity index (χ1n) is 5.33. The molecular weight excluding hydrogens is 319 g/mol. The van der Waals surface area contributed by atoms with Gasteiger partial charge in [-0.05, 0) is 34.1 Å². The third kappa shape index (κ3) is 3.58. The molecule has 1 heterocycles. The lowest BCUT2D eigenvalue weighted by Gasteiger charge is -1.98. The summed E-state index contributed by atoms with van der Waals surface area (Å²) in [5.41, 5.74) is 5.59. The second kappa shape index (κ2) is 5.89. The van der Waals surface area contributed by atoms with E-state index in [0.717, 1.165) is 0 Å². The summed E-state index contributed by atoms with van der Waals surface area (Å²) in [4.78, 5) is 14.7. The SMILES string of the molecule is NC(=O)CNCc1nc(-c2ccc(F)cc2Br)no1. The van der Waals surface area contributed by atoms with Crippen LogP contribution >= 0.6 is 15.9 Å². The van der Waals surface area contributed by atoms with Gasteiger partial charge in [0.15, 0.2) is 0 Å². The topological polar surface area (TPSA) is 94.0 Å². The number of nitrogens with zero attached hydrogens (tertiary/aromatic N) is 2. The molecule has 0 radical (unpaired) electrons. The van der Waals surface area contributed by atoms with Crippen molar-refractivity contribution in [2.45, 2.75) is 6.54 Å². The highest BCUT2D eigenvalue weighted by molar-refractivity contribution is 9.10. The molecule has 1 aromatic heterocycles. The standard InChI is InChI=1S/C11H10BrFN4O2/c12-8-3-6(13)1-2-7(8)11-16-10(19-17-11)5-15-4-9(14)18/h1-3,15H,4-5H2,(H2,14,18). The molecule has 0 aliphatic rings. The normalized spacial score (nSPS) is 10.6. The van der Waals surface area contributed by atoms with Crippen LogP contribution in [0.3, 0.4) is 0 Å². The largest absolute Gasteiger partial charge is 0.369 e. The van der Waals surface area contributed by atoms with E-state index in [0.29, 0.717) is 21.8 Å². The van der Waals surface area contributed by atoms with E-state index in [-0.39, 0.29) is 18.9 Å². The zero-order chi connectivity index (χ0) is 13.8. The van der Waals surface area contributed by atoms with E-state index in [1.807, 2.05) is 0 Å². The summed E-state index contributed by atoms with van der Waals surface area (Å²) in [6, 6.07) is 4.17. The van der Waals surface area contributed by atoms with Crippen LogP contribution in [0.25, 0.3) is 11.4 Å². The fourth-order valence-electron chi connectivity index (χ4n) is 1.40. The van der Waals surface area contributed by atoms with E-state index in [2.05, 4.69) is 31.4 Å². The quantitative estimate of drug-likeness (QED) is 0.860. The van der Waals surface area contributed by atoms with Crippen LogP contribution in [-0.4, -0.2) is 22.6 Å². The molecule has 19 heavy (non-hydrogen) atoms. The van der Waals surface area contributed by atoms with E-state index in [1.54, 1.807) is 6.07 Å². The number of carbonyl (C=O) groups is 1. The van der Waals surface area contributed by atoms with Crippen LogP contribution in [0.4, 0.5) is 4.39 Å². The Balaban J connectivity index is 2.10. The van der Waals surface area contributed by atoms with Crippen molar-refractivity contribution in [1.82, 2.24) is 15.5 Å². The predicted molar refractivity (Wildman–Crippen MR) is 68.3 cm³/mol. The predicted octanol–water partition coefficient (Wildman–Crippen LogP) is 1.21. The molecule has 0 fully saturated rings. The molecule has 1 aromatic carbocycles. The first-order chi connectivity index (χ1) is 9.06. The van der Waals surface area contributed by atoms with Crippen LogP contribution in [-0.2, 0) is 11.3 Å². The highest BCUT2D eigenvalue weighted by Gasteiger charge is 2.12. The molecule has 2 rings (SSSR count). The number of halogens is 2. The molecule has 1 amide bonds.